The minimum absolute atomic E-state index is 0.0405. The quantitative estimate of drug-likeness (QED) is 0.899. The number of alkyl halides is 3. The summed E-state index contributed by atoms with van der Waals surface area (Å²) in [5, 5.41) is 0. The second kappa shape index (κ2) is 6.83. The molecule has 22 heavy (non-hydrogen) atoms. The van der Waals surface area contributed by atoms with Crippen LogP contribution in [0.5, 0.6) is 5.75 Å². The van der Waals surface area contributed by atoms with Gasteiger partial charge in [-0.15, -0.1) is 0 Å². The maximum Gasteiger partial charge on any atom is 0.416 e. The Morgan fingerprint density at radius 2 is 1.73 bits per heavy atom. The largest absolute Gasteiger partial charge is 0.489 e. The van der Waals surface area contributed by atoms with Crippen molar-refractivity contribution in [2.45, 2.75) is 32.2 Å². The Morgan fingerprint density at radius 1 is 1.05 bits per heavy atom. The number of hydrogen-bond donors (Lipinski definition) is 1. The van der Waals surface area contributed by atoms with E-state index in [9.17, 15) is 13.2 Å². The van der Waals surface area contributed by atoms with Crippen molar-refractivity contribution in [2.75, 3.05) is 0 Å². The van der Waals surface area contributed by atoms with E-state index in [0.29, 0.717) is 11.3 Å². The highest BCUT2D eigenvalue weighted by Crippen LogP contribution is 2.29. The molecular weight excluding hydrogens is 291 g/mol. The van der Waals surface area contributed by atoms with Gasteiger partial charge < -0.3 is 10.5 Å². The molecule has 2 aromatic carbocycles. The Hall–Kier alpha value is -2.01. The summed E-state index contributed by atoms with van der Waals surface area (Å²) in [6.45, 7) is 2.00. The van der Waals surface area contributed by atoms with E-state index in [1.165, 1.54) is 6.07 Å². The van der Waals surface area contributed by atoms with E-state index >= 15 is 0 Å². The third kappa shape index (κ3) is 4.77. The van der Waals surface area contributed by atoms with E-state index in [4.69, 9.17) is 10.5 Å². The molecule has 0 saturated carbocycles. The summed E-state index contributed by atoms with van der Waals surface area (Å²) in [6, 6.07) is 12.6. The van der Waals surface area contributed by atoms with E-state index in [2.05, 4.69) is 0 Å². The Labute approximate surface area is 127 Å². The lowest BCUT2D eigenvalue weighted by Gasteiger charge is -2.11. The highest BCUT2D eigenvalue weighted by molar-refractivity contribution is 5.30. The summed E-state index contributed by atoms with van der Waals surface area (Å²) >= 11 is 0. The average molecular weight is 309 g/mol. The van der Waals surface area contributed by atoms with E-state index in [-0.39, 0.29) is 12.6 Å². The Kier molecular flexibility index (Phi) is 5.08. The molecule has 0 fully saturated rings. The lowest BCUT2D eigenvalue weighted by Crippen LogP contribution is -2.17. The molecule has 2 rings (SSSR count). The summed E-state index contributed by atoms with van der Waals surface area (Å²) in [4.78, 5) is 0. The van der Waals surface area contributed by atoms with Crippen molar-refractivity contribution in [3.05, 3.63) is 65.2 Å². The Bertz CT molecular complexity index is 623. The molecule has 118 valence electrons. The SMILES string of the molecule is CC(N)Cc1cccc(OCc2cccc(C(F)(F)F)c2)c1. The van der Waals surface area contributed by atoms with Crippen molar-refractivity contribution < 1.29 is 17.9 Å². The van der Waals surface area contributed by atoms with Gasteiger partial charge in [0.05, 0.1) is 5.56 Å². The summed E-state index contributed by atoms with van der Waals surface area (Å²) in [7, 11) is 0. The standard InChI is InChI=1S/C17H18F3NO/c1-12(21)8-13-4-3-7-16(10-13)22-11-14-5-2-6-15(9-14)17(18,19)20/h2-7,9-10,12H,8,11,21H2,1H3. The second-order valence-electron chi connectivity index (χ2n) is 5.32. The van der Waals surface area contributed by atoms with Crippen LogP contribution in [0.1, 0.15) is 23.6 Å². The van der Waals surface area contributed by atoms with Crippen molar-refractivity contribution >= 4 is 0 Å². The predicted octanol–water partition coefficient (Wildman–Crippen LogP) is 4.17. The van der Waals surface area contributed by atoms with E-state index in [1.54, 1.807) is 12.1 Å². The van der Waals surface area contributed by atoms with Crippen LogP contribution in [0.25, 0.3) is 0 Å². The number of hydrogen-bond acceptors (Lipinski definition) is 2. The first-order chi connectivity index (χ1) is 10.3. The van der Waals surface area contributed by atoms with Gasteiger partial charge >= 0.3 is 6.18 Å². The molecule has 0 saturated heterocycles. The first-order valence-corrected chi connectivity index (χ1v) is 6.98. The van der Waals surface area contributed by atoms with Crippen LogP contribution in [0.2, 0.25) is 0 Å². The van der Waals surface area contributed by atoms with Gasteiger partial charge in [-0.05, 0) is 48.7 Å². The van der Waals surface area contributed by atoms with Crippen molar-refractivity contribution in [1.82, 2.24) is 0 Å². The van der Waals surface area contributed by atoms with Crippen LogP contribution >= 0.6 is 0 Å². The number of halogens is 3. The lowest BCUT2D eigenvalue weighted by atomic mass is 10.1. The third-order valence-corrected chi connectivity index (χ3v) is 3.12. The fourth-order valence-electron chi connectivity index (χ4n) is 2.14. The zero-order chi connectivity index (χ0) is 16.2. The maximum absolute atomic E-state index is 12.7. The molecule has 2 nitrogen and oxygen atoms in total. The van der Waals surface area contributed by atoms with Gasteiger partial charge in [-0.1, -0.05) is 24.3 Å². The van der Waals surface area contributed by atoms with Gasteiger partial charge in [-0.25, -0.2) is 0 Å². The molecule has 0 aromatic heterocycles. The lowest BCUT2D eigenvalue weighted by molar-refractivity contribution is -0.137. The molecular formula is C17H18F3NO. The average Bonchev–Trinajstić information content (AvgIpc) is 2.44. The van der Waals surface area contributed by atoms with Gasteiger partial charge in [-0.3, -0.25) is 0 Å². The van der Waals surface area contributed by atoms with Crippen molar-refractivity contribution in [3.63, 3.8) is 0 Å². The van der Waals surface area contributed by atoms with Crippen LogP contribution in [-0.2, 0) is 19.2 Å². The topological polar surface area (TPSA) is 35.2 Å². The van der Waals surface area contributed by atoms with Gasteiger partial charge in [0, 0.05) is 6.04 Å². The van der Waals surface area contributed by atoms with Crippen molar-refractivity contribution in [1.29, 1.82) is 0 Å². The fraction of sp³-hybridized carbons (Fsp3) is 0.294. The van der Waals surface area contributed by atoms with Crippen LogP contribution < -0.4 is 10.5 Å². The van der Waals surface area contributed by atoms with Crippen LogP contribution in [0, 0.1) is 0 Å². The van der Waals surface area contributed by atoms with Gasteiger partial charge in [-0.2, -0.15) is 13.2 Å². The van der Waals surface area contributed by atoms with E-state index < -0.39 is 11.7 Å². The van der Waals surface area contributed by atoms with E-state index in [0.717, 1.165) is 24.1 Å². The third-order valence-electron chi connectivity index (χ3n) is 3.12. The maximum atomic E-state index is 12.7. The molecule has 2 N–H and O–H groups in total. The molecule has 0 aliphatic heterocycles. The highest BCUT2D eigenvalue weighted by Gasteiger charge is 2.30. The van der Waals surface area contributed by atoms with Gasteiger partial charge in [0.15, 0.2) is 0 Å². The van der Waals surface area contributed by atoms with Crippen LogP contribution in [0.15, 0.2) is 48.5 Å². The summed E-state index contributed by atoms with van der Waals surface area (Å²) in [6.07, 6.45) is -3.62. The molecule has 1 unspecified atom stereocenters. The Morgan fingerprint density at radius 3 is 2.41 bits per heavy atom. The van der Waals surface area contributed by atoms with Gasteiger partial charge in [0.2, 0.25) is 0 Å². The van der Waals surface area contributed by atoms with E-state index in [1.807, 2.05) is 25.1 Å². The molecule has 2 aromatic rings. The molecule has 0 amide bonds. The molecule has 0 bridgehead atoms. The summed E-state index contributed by atoms with van der Waals surface area (Å²) < 4.78 is 43.5. The minimum Gasteiger partial charge on any atom is -0.489 e. The smallest absolute Gasteiger partial charge is 0.416 e. The molecule has 0 heterocycles. The molecule has 0 spiro atoms. The predicted molar refractivity (Wildman–Crippen MR) is 79.6 cm³/mol. The minimum atomic E-state index is -4.34. The number of nitrogens with two attached hydrogens (primary N) is 1. The molecule has 1 atom stereocenters. The normalized spacial score (nSPS) is 13.0. The second-order valence-corrected chi connectivity index (χ2v) is 5.32. The molecule has 5 heteroatoms. The van der Waals surface area contributed by atoms with Crippen molar-refractivity contribution in [2.24, 2.45) is 5.73 Å². The van der Waals surface area contributed by atoms with Crippen LogP contribution in [0.4, 0.5) is 13.2 Å². The molecule has 0 aliphatic carbocycles. The van der Waals surface area contributed by atoms with Crippen LogP contribution in [-0.4, -0.2) is 6.04 Å². The van der Waals surface area contributed by atoms with Crippen LogP contribution in [0.3, 0.4) is 0 Å². The van der Waals surface area contributed by atoms with Gasteiger partial charge in [0.1, 0.15) is 12.4 Å². The molecule has 0 aliphatic rings. The van der Waals surface area contributed by atoms with Gasteiger partial charge in [0.25, 0.3) is 0 Å². The monoisotopic (exact) mass is 309 g/mol. The van der Waals surface area contributed by atoms with Crippen molar-refractivity contribution in [3.8, 4) is 5.75 Å². The fourth-order valence-corrected chi connectivity index (χ4v) is 2.14. The number of ether oxygens (including phenoxy) is 1. The summed E-state index contributed by atoms with van der Waals surface area (Å²) in [5.74, 6) is 0.621. The Balaban J connectivity index is 2.04. The zero-order valence-electron chi connectivity index (χ0n) is 12.2. The first kappa shape index (κ1) is 16.4. The number of rotatable bonds is 5. The highest BCUT2D eigenvalue weighted by atomic mass is 19.4. The molecule has 0 radical (unpaired) electrons. The number of benzene rings is 2. The summed E-state index contributed by atoms with van der Waals surface area (Å²) in [5.41, 5.74) is 6.60. The zero-order valence-corrected chi connectivity index (χ0v) is 12.2. The first-order valence-electron chi connectivity index (χ1n) is 6.98.